The van der Waals surface area contributed by atoms with Gasteiger partial charge in [0.25, 0.3) is 5.91 Å². The first kappa shape index (κ1) is 14.8. The molecule has 10 heteroatoms. The van der Waals surface area contributed by atoms with Crippen LogP contribution in [0.1, 0.15) is 6.92 Å². The average molecular weight is 324 g/mol. The molecule has 1 unspecified atom stereocenters. The highest BCUT2D eigenvalue weighted by Crippen LogP contribution is 2.48. The number of rotatable bonds is 3. The molecular weight excluding hydrogens is 314 g/mol. The van der Waals surface area contributed by atoms with Gasteiger partial charge in [0.15, 0.2) is 21.3 Å². The molecule has 0 spiro atoms. The first-order valence-corrected chi connectivity index (χ1v) is 7.47. The maximum absolute atomic E-state index is 12.4. The van der Waals surface area contributed by atoms with Crippen LogP contribution in [0, 0.1) is 0 Å². The number of carboxylic acid groups (broad SMARTS) is 2. The molecule has 3 atom stereocenters. The predicted octanol–water partition coefficient (Wildman–Crippen LogP) is -0.955. The van der Waals surface area contributed by atoms with Gasteiger partial charge in [-0.15, -0.1) is 11.6 Å². The van der Waals surface area contributed by atoms with Crippen molar-refractivity contribution in [1.29, 1.82) is 0 Å². The van der Waals surface area contributed by atoms with Crippen molar-refractivity contribution in [3.8, 4) is 0 Å². The number of nitrogens with zero attached hydrogens (tertiary/aromatic N) is 1. The van der Waals surface area contributed by atoms with E-state index in [9.17, 15) is 22.8 Å². The van der Waals surface area contributed by atoms with Crippen LogP contribution >= 0.6 is 11.6 Å². The molecule has 2 rings (SSSR count). The van der Waals surface area contributed by atoms with Crippen molar-refractivity contribution in [1.82, 2.24) is 4.90 Å². The van der Waals surface area contributed by atoms with E-state index in [1.807, 2.05) is 0 Å². The maximum atomic E-state index is 12.4. The molecule has 0 saturated carbocycles. The zero-order chi connectivity index (χ0) is 15.5. The third kappa shape index (κ3) is 1.53. The fourth-order valence-corrected chi connectivity index (χ4v) is 5.32. The lowest BCUT2D eigenvalue weighted by Crippen LogP contribution is -2.59. The number of carbonyl (C=O) groups excluding carboxylic acids is 1. The first-order valence-electron chi connectivity index (χ1n) is 5.39. The number of aliphatic carboxylic acids is 2. The molecule has 110 valence electrons. The van der Waals surface area contributed by atoms with Crippen LogP contribution in [0.4, 0.5) is 0 Å². The van der Waals surface area contributed by atoms with Gasteiger partial charge in [-0.3, -0.25) is 4.79 Å². The molecule has 1 amide bonds. The summed E-state index contributed by atoms with van der Waals surface area (Å²) >= 11 is 5.62. The van der Waals surface area contributed by atoms with E-state index in [-0.39, 0.29) is 0 Å². The van der Waals surface area contributed by atoms with Crippen molar-refractivity contribution in [2.75, 3.05) is 5.88 Å². The van der Waals surface area contributed by atoms with Crippen LogP contribution in [0.15, 0.2) is 11.6 Å². The zero-order valence-electron chi connectivity index (χ0n) is 10.1. The molecule has 2 fully saturated rings. The molecule has 0 aliphatic carbocycles. The van der Waals surface area contributed by atoms with Crippen LogP contribution in [0.2, 0.25) is 0 Å². The van der Waals surface area contributed by atoms with Crippen LogP contribution in [0.5, 0.6) is 0 Å². The van der Waals surface area contributed by atoms with Gasteiger partial charge in [0.05, 0.1) is 5.57 Å². The van der Waals surface area contributed by atoms with Gasteiger partial charge in [-0.2, -0.15) is 0 Å². The molecule has 2 saturated heterocycles. The van der Waals surface area contributed by atoms with Gasteiger partial charge in [0, 0.05) is 12.0 Å². The first-order chi connectivity index (χ1) is 9.09. The molecule has 8 nitrogen and oxygen atoms in total. The summed E-state index contributed by atoms with van der Waals surface area (Å²) in [4.78, 5) is 34.4. The number of β-lactam (4-membered cyclic amide) rings is 1. The quantitative estimate of drug-likeness (QED) is 0.389. The number of hydrogen-bond acceptors (Lipinski definition) is 5. The standard InChI is InChI=1S/C10H10ClNO7S/c1-10(3-11)6(9(16)17)12-7(15)4(2-5(13)14)8(12)20(10,18)19/h2,6,8H,3H2,1H3,(H,13,14)(H,16,17)/b4-2-/t6-,8?,10-/m0/s1. The lowest BCUT2D eigenvalue weighted by molar-refractivity contribution is -0.152. The van der Waals surface area contributed by atoms with Crippen molar-refractivity contribution in [2.24, 2.45) is 0 Å². The lowest BCUT2D eigenvalue weighted by Gasteiger charge is -2.37. The molecule has 20 heavy (non-hydrogen) atoms. The Kier molecular flexibility index (Phi) is 3.10. The number of sulfone groups is 1. The number of alkyl halides is 1. The molecular formula is C10H10ClNO7S. The Morgan fingerprint density at radius 3 is 2.40 bits per heavy atom. The number of carbonyl (C=O) groups is 3. The van der Waals surface area contributed by atoms with E-state index in [1.54, 1.807) is 0 Å². The monoisotopic (exact) mass is 323 g/mol. The minimum Gasteiger partial charge on any atom is -0.480 e. The highest BCUT2D eigenvalue weighted by Gasteiger charge is 2.71. The van der Waals surface area contributed by atoms with Crippen LogP contribution in [0.3, 0.4) is 0 Å². The van der Waals surface area contributed by atoms with Crippen LogP contribution < -0.4 is 0 Å². The van der Waals surface area contributed by atoms with E-state index in [4.69, 9.17) is 21.8 Å². The Morgan fingerprint density at radius 2 is 2.00 bits per heavy atom. The predicted molar refractivity (Wildman–Crippen MR) is 65.8 cm³/mol. The van der Waals surface area contributed by atoms with Crippen molar-refractivity contribution in [3.05, 3.63) is 11.6 Å². The number of halogens is 1. The Balaban J connectivity index is 2.64. The largest absolute Gasteiger partial charge is 0.480 e. The molecule has 0 aromatic rings. The molecule has 2 N–H and O–H groups in total. The van der Waals surface area contributed by atoms with E-state index in [0.29, 0.717) is 11.0 Å². The van der Waals surface area contributed by atoms with E-state index < -0.39 is 55.3 Å². The molecule has 0 aromatic carbocycles. The fraction of sp³-hybridized carbons (Fsp3) is 0.500. The van der Waals surface area contributed by atoms with E-state index in [0.717, 1.165) is 6.92 Å². The lowest BCUT2D eigenvalue weighted by atomic mass is 9.95. The Bertz CT molecular complexity index is 655. The third-order valence-corrected chi connectivity index (χ3v) is 7.03. The summed E-state index contributed by atoms with van der Waals surface area (Å²) in [6.45, 7) is 1.14. The number of fused-ring (bicyclic) bond motifs is 1. The SMILES string of the molecule is C[C@]1(CCl)[C@H](C(=O)O)N2C(=O)/C(=C/C(=O)O)C2S1(=O)=O. The Hall–Kier alpha value is -1.61. The Morgan fingerprint density at radius 1 is 1.45 bits per heavy atom. The van der Waals surface area contributed by atoms with Crippen LogP contribution in [0.25, 0.3) is 0 Å². The number of hydrogen-bond donors (Lipinski definition) is 2. The van der Waals surface area contributed by atoms with Crippen molar-refractivity contribution in [3.63, 3.8) is 0 Å². The minimum absolute atomic E-state index is 0.447. The molecule has 2 aliphatic rings. The second kappa shape index (κ2) is 4.19. The normalized spacial score (nSPS) is 36.6. The summed E-state index contributed by atoms with van der Waals surface area (Å²) < 4.78 is 22.9. The summed E-state index contributed by atoms with van der Waals surface area (Å²) in [5.41, 5.74) is -0.447. The minimum atomic E-state index is -4.14. The van der Waals surface area contributed by atoms with Crippen molar-refractivity contribution >= 4 is 39.3 Å². The van der Waals surface area contributed by atoms with E-state index in [1.165, 1.54) is 0 Å². The summed E-state index contributed by atoms with van der Waals surface area (Å²) in [5, 5.41) is 16.2. The second-order valence-corrected chi connectivity index (χ2v) is 7.47. The van der Waals surface area contributed by atoms with Gasteiger partial charge in [-0.1, -0.05) is 0 Å². The molecule has 2 heterocycles. The number of amides is 1. The second-order valence-electron chi connectivity index (χ2n) is 4.73. The van der Waals surface area contributed by atoms with Crippen molar-refractivity contribution < 1.29 is 33.0 Å². The topological polar surface area (TPSA) is 129 Å². The van der Waals surface area contributed by atoms with E-state index in [2.05, 4.69) is 0 Å². The zero-order valence-corrected chi connectivity index (χ0v) is 11.7. The third-order valence-electron chi connectivity index (χ3n) is 3.58. The van der Waals surface area contributed by atoms with Crippen LogP contribution in [-0.2, 0) is 24.2 Å². The van der Waals surface area contributed by atoms with Gasteiger partial charge in [-0.05, 0) is 6.92 Å². The van der Waals surface area contributed by atoms with Gasteiger partial charge < -0.3 is 15.1 Å². The smallest absolute Gasteiger partial charge is 0.328 e. The van der Waals surface area contributed by atoms with Gasteiger partial charge in [-0.25, -0.2) is 18.0 Å². The summed E-state index contributed by atoms with van der Waals surface area (Å²) in [6.07, 6.45) is 0.486. The number of carboxylic acids is 2. The molecule has 0 aromatic heterocycles. The van der Waals surface area contributed by atoms with Crippen molar-refractivity contribution in [2.45, 2.75) is 23.1 Å². The maximum Gasteiger partial charge on any atom is 0.328 e. The molecule has 0 bridgehead atoms. The Labute approximate surface area is 118 Å². The van der Waals surface area contributed by atoms with Crippen LogP contribution in [-0.4, -0.2) is 63.4 Å². The van der Waals surface area contributed by atoms with Gasteiger partial charge >= 0.3 is 11.9 Å². The molecule has 2 aliphatic heterocycles. The fourth-order valence-electron chi connectivity index (χ4n) is 2.51. The average Bonchev–Trinajstić information content (AvgIpc) is 2.50. The summed E-state index contributed by atoms with van der Waals surface area (Å²) in [5.74, 6) is -4.41. The summed E-state index contributed by atoms with van der Waals surface area (Å²) in [7, 11) is -4.14. The van der Waals surface area contributed by atoms with Gasteiger partial charge in [0.2, 0.25) is 0 Å². The molecule has 0 radical (unpaired) electrons. The van der Waals surface area contributed by atoms with E-state index >= 15 is 0 Å². The van der Waals surface area contributed by atoms with Gasteiger partial charge in [0.1, 0.15) is 4.75 Å². The highest BCUT2D eigenvalue weighted by atomic mass is 35.5. The summed E-state index contributed by atoms with van der Waals surface area (Å²) in [6, 6.07) is -1.63. The highest BCUT2D eigenvalue weighted by molar-refractivity contribution is 7.94.